The summed E-state index contributed by atoms with van der Waals surface area (Å²) < 4.78 is 2.61. The van der Waals surface area contributed by atoms with Crippen LogP contribution < -0.4 is 10.6 Å². The highest BCUT2D eigenvalue weighted by Gasteiger charge is 2.54. The van der Waals surface area contributed by atoms with E-state index in [4.69, 9.17) is 11.6 Å². The first kappa shape index (κ1) is 16.7. The van der Waals surface area contributed by atoms with Crippen LogP contribution in [0.4, 0.5) is 11.5 Å². The molecule has 4 heterocycles. The van der Waals surface area contributed by atoms with Crippen LogP contribution in [0, 0.1) is 0 Å². The van der Waals surface area contributed by atoms with Gasteiger partial charge in [-0.3, -0.25) is 9.59 Å². The third kappa shape index (κ3) is 2.12. The number of anilines is 2. The number of halogens is 1. The lowest BCUT2D eigenvalue weighted by atomic mass is 9.72. The van der Waals surface area contributed by atoms with Gasteiger partial charge in [0.05, 0.1) is 27.1 Å². The van der Waals surface area contributed by atoms with Crippen molar-refractivity contribution < 1.29 is 9.59 Å². The van der Waals surface area contributed by atoms with E-state index in [9.17, 15) is 9.59 Å². The summed E-state index contributed by atoms with van der Waals surface area (Å²) in [7, 11) is 0. The second-order valence-corrected chi connectivity index (χ2v) is 8.45. The molecule has 29 heavy (non-hydrogen) atoms. The van der Waals surface area contributed by atoms with E-state index >= 15 is 0 Å². The minimum absolute atomic E-state index is 0.00921. The molecule has 2 aromatic heterocycles. The lowest BCUT2D eigenvalue weighted by Crippen LogP contribution is -2.43. The van der Waals surface area contributed by atoms with Crippen molar-refractivity contribution in [3.63, 3.8) is 0 Å². The first-order valence-electron chi connectivity index (χ1n) is 8.93. The van der Waals surface area contributed by atoms with Gasteiger partial charge in [0, 0.05) is 12.0 Å². The Hall–Kier alpha value is -3.23. The first-order valence-corrected chi connectivity index (χ1v) is 10.1. The van der Waals surface area contributed by atoms with Gasteiger partial charge in [-0.25, -0.2) is 4.98 Å². The second kappa shape index (κ2) is 5.65. The largest absolute Gasteiger partial charge is 0.323 e. The Bertz CT molecular complexity index is 1330. The molecule has 0 radical (unpaired) electrons. The highest BCUT2D eigenvalue weighted by Crippen LogP contribution is 2.51. The number of carbonyl (C=O) groups is 2. The van der Waals surface area contributed by atoms with E-state index in [1.807, 2.05) is 30.3 Å². The van der Waals surface area contributed by atoms with E-state index in [1.165, 1.54) is 11.3 Å². The topological polar surface area (TPSA) is 88.9 Å². The van der Waals surface area contributed by atoms with Gasteiger partial charge in [-0.05, 0) is 23.8 Å². The van der Waals surface area contributed by atoms with Gasteiger partial charge in [0.2, 0.25) is 16.9 Å². The number of para-hydroxylation sites is 2. The van der Waals surface area contributed by atoms with Crippen molar-refractivity contribution in [2.45, 2.75) is 11.8 Å². The molecule has 1 atom stereocenters. The highest BCUT2D eigenvalue weighted by molar-refractivity contribution is 7.20. The Morgan fingerprint density at radius 1 is 1.07 bits per heavy atom. The molecule has 0 saturated heterocycles. The minimum Gasteiger partial charge on any atom is -0.323 e. The van der Waals surface area contributed by atoms with Gasteiger partial charge >= 0.3 is 0 Å². The zero-order chi connectivity index (χ0) is 19.8. The molecule has 2 amide bonds. The number of carbonyl (C=O) groups excluding carboxylic acids is 2. The van der Waals surface area contributed by atoms with Crippen LogP contribution in [0.5, 0.6) is 0 Å². The van der Waals surface area contributed by atoms with Crippen LogP contribution in [0.15, 0.2) is 48.7 Å². The fourth-order valence-electron chi connectivity index (χ4n) is 4.18. The Morgan fingerprint density at radius 3 is 2.79 bits per heavy atom. The Labute approximate surface area is 173 Å². The van der Waals surface area contributed by atoms with Crippen molar-refractivity contribution in [1.29, 1.82) is 0 Å². The van der Waals surface area contributed by atoms with Gasteiger partial charge in [0.25, 0.3) is 0 Å². The zero-order valence-corrected chi connectivity index (χ0v) is 16.3. The van der Waals surface area contributed by atoms with Gasteiger partial charge in [0.15, 0.2) is 0 Å². The Balaban J connectivity index is 1.60. The van der Waals surface area contributed by atoms with Gasteiger partial charge in [-0.2, -0.15) is 9.78 Å². The van der Waals surface area contributed by atoms with Gasteiger partial charge in [-0.1, -0.05) is 47.2 Å². The molecule has 6 rings (SSSR count). The SMILES string of the molecule is O=C1C[C@@]2(C(=O)Nc3c(Cl)cccc32)c2cnn(-c3nc4ccccc4s3)c2N1. The van der Waals surface area contributed by atoms with Crippen molar-refractivity contribution in [2.75, 3.05) is 10.6 Å². The van der Waals surface area contributed by atoms with Crippen LogP contribution in [-0.4, -0.2) is 26.6 Å². The van der Waals surface area contributed by atoms with Crippen molar-refractivity contribution >= 4 is 56.5 Å². The van der Waals surface area contributed by atoms with Crippen LogP contribution in [0.3, 0.4) is 0 Å². The summed E-state index contributed by atoms with van der Waals surface area (Å²) in [6, 6.07) is 13.1. The molecule has 2 aliphatic heterocycles. The van der Waals surface area contributed by atoms with Crippen LogP contribution in [-0.2, 0) is 15.0 Å². The number of rotatable bonds is 1. The molecule has 0 aliphatic carbocycles. The van der Waals surface area contributed by atoms with Crippen molar-refractivity contribution in [3.8, 4) is 5.13 Å². The van der Waals surface area contributed by atoms with Crippen LogP contribution in [0.2, 0.25) is 5.02 Å². The van der Waals surface area contributed by atoms with Gasteiger partial charge in [0.1, 0.15) is 11.2 Å². The molecule has 0 saturated carbocycles. The Kier molecular flexibility index (Phi) is 3.25. The number of aromatic nitrogens is 3. The summed E-state index contributed by atoms with van der Waals surface area (Å²) in [5.41, 5.74) is 1.56. The number of fused-ring (bicyclic) bond motifs is 5. The maximum Gasteiger partial charge on any atom is 0.240 e. The third-order valence-electron chi connectivity index (χ3n) is 5.48. The third-order valence-corrected chi connectivity index (χ3v) is 6.80. The summed E-state index contributed by atoms with van der Waals surface area (Å²) >= 11 is 7.77. The molecule has 7 nitrogen and oxygen atoms in total. The first-order chi connectivity index (χ1) is 14.1. The molecule has 2 N–H and O–H groups in total. The van der Waals surface area contributed by atoms with Crippen LogP contribution in [0.1, 0.15) is 17.5 Å². The van der Waals surface area contributed by atoms with Crippen molar-refractivity contribution in [2.24, 2.45) is 0 Å². The molecular weight excluding hydrogens is 410 g/mol. The smallest absolute Gasteiger partial charge is 0.240 e. The fraction of sp³-hybridized carbons (Fsp3) is 0.100. The van der Waals surface area contributed by atoms with Crippen molar-refractivity contribution in [3.05, 3.63) is 64.8 Å². The Morgan fingerprint density at radius 2 is 1.93 bits per heavy atom. The average molecular weight is 422 g/mol. The monoisotopic (exact) mass is 421 g/mol. The normalized spacial score (nSPS) is 19.9. The molecule has 142 valence electrons. The standard InChI is InChI=1S/C20H12ClN5O2S/c21-12-5-3-4-10-16(12)25-18(28)20(10)8-15(27)24-17-11(20)9-22-26(17)19-23-13-6-1-2-7-14(13)29-19/h1-7,9H,8H2,(H,24,27)(H,25,28)/t20-/m0/s1. The number of amides is 2. The summed E-state index contributed by atoms with van der Waals surface area (Å²) in [5.74, 6) is -0.0767. The number of hydrogen-bond donors (Lipinski definition) is 2. The molecule has 0 bridgehead atoms. The van der Waals surface area contributed by atoms with E-state index in [1.54, 1.807) is 23.0 Å². The highest BCUT2D eigenvalue weighted by atomic mass is 35.5. The zero-order valence-electron chi connectivity index (χ0n) is 14.8. The predicted molar refractivity (Wildman–Crippen MR) is 111 cm³/mol. The fourth-order valence-corrected chi connectivity index (χ4v) is 5.33. The van der Waals surface area contributed by atoms with Crippen LogP contribution >= 0.6 is 22.9 Å². The number of nitrogens with one attached hydrogen (secondary N) is 2. The summed E-state index contributed by atoms with van der Waals surface area (Å²) in [5, 5.41) is 11.3. The molecule has 2 aliphatic rings. The molecule has 4 aromatic rings. The lowest BCUT2D eigenvalue weighted by molar-refractivity contribution is -0.125. The number of thiazole rings is 1. The predicted octanol–water partition coefficient (Wildman–Crippen LogP) is 3.72. The molecule has 0 fully saturated rings. The number of nitrogens with zero attached hydrogens (tertiary/aromatic N) is 3. The van der Waals surface area contributed by atoms with Gasteiger partial charge in [-0.15, -0.1) is 0 Å². The molecule has 0 unspecified atom stereocenters. The summed E-state index contributed by atoms with van der Waals surface area (Å²) in [6.45, 7) is 0. The quantitative estimate of drug-likeness (QED) is 0.490. The van der Waals surface area contributed by atoms with E-state index in [2.05, 4.69) is 20.7 Å². The lowest BCUT2D eigenvalue weighted by Gasteiger charge is -2.31. The van der Waals surface area contributed by atoms with Crippen LogP contribution in [0.25, 0.3) is 15.3 Å². The average Bonchev–Trinajstić information content (AvgIpc) is 3.38. The van der Waals surface area contributed by atoms with Crippen molar-refractivity contribution in [1.82, 2.24) is 14.8 Å². The van der Waals surface area contributed by atoms with Gasteiger partial charge < -0.3 is 10.6 Å². The maximum atomic E-state index is 13.2. The van der Waals surface area contributed by atoms with E-state index < -0.39 is 5.41 Å². The molecule has 9 heteroatoms. The van der Waals surface area contributed by atoms with E-state index in [-0.39, 0.29) is 18.2 Å². The van der Waals surface area contributed by atoms with E-state index in [0.29, 0.717) is 32.8 Å². The summed E-state index contributed by atoms with van der Waals surface area (Å²) in [6.07, 6.45) is 1.63. The maximum absolute atomic E-state index is 13.2. The number of hydrogen-bond acceptors (Lipinski definition) is 5. The molecular formula is C20H12ClN5O2S. The molecule has 2 aromatic carbocycles. The second-order valence-electron chi connectivity index (χ2n) is 7.03. The summed E-state index contributed by atoms with van der Waals surface area (Å²) in [4.78, 5) is 30.5. The minimum atomic E-state index is -1.16. The van der Waals surface area contributed by atoms with E-state index in [0.717, 1.165) is 10.2 Å². The molecule has 1 spiro atoms. The number of benzene rings is 2.